The highest BCUT2D eigenvalue weighted by Crippen LogP contribution is 2.21. The van der Waals surface area contributed by atoms with Gasteiger partial charge in [0.1, 0.15) is 5.56 Å². The Kier molecular flexibility index (Phi) is 5.43. The van der Waals surface area contributed by atoms with Crippen LogP contribution >= 0.6 is 0 Å². The third-order valence-corrected chi connectivity index (χ3v) is 4.67. The van der Waals surface area contributed by atoms with E-state index in [1.807, 2.05) is 68.4 Å². The van der Waals surface area contributed by atoms with Crippen LogP contribution in [0.4, 0.5) is 0 Å². The van der Waals surface area contributed by atoms with Gasteiger partial charge in [-0.25, -0.2) is 0 Å². The van der Waals surface area contributed by atoms with Crippen LogP contribution in [-0.2, 0) is 4.42 Å². The summed E-state index contributed by atoms with van der Waals surface area (Å²) in [5.41, 5.74) is 5.14. The summed E-state index contributed by atoms with van der Waals surface area (Å²) in [4.78, 5) is 12.4. The molecule has 0 amide bonds. The molecular weight excluding hydrogens is 320 g/mol. The zero-order chi connectivity index (χ0) is 18.5. The van der Waals surface area contributed by atoms with Crippen molar-refractivity contribution in [2.24, 2.45) is 0 Å². The van der Waals surface area contributed by atoms with Gasteiger partial charge in [0.2, 0.25) is 5.78 Å². The minimum atomic E-state index is -0.319. The highest BCUT2D eigenvalue weighted by molar-refractivity contribution is 5.93. The average molecular weight is 343 g/mol. The molecule has 130 valence electrons. The molecule has 0 heterocycles. The van der Waals surface area contributed by atoms with Crippen molar-refractivity contribution in [3.63, 3.8) is 0 Å². The van der Waals surface area contributed by atoms with Gasteiger partial charge in [-0.2, -0.15) is 0 Å². The monoisotopic (exact) mass is 343 g/mol. The topological polar surface area (TPSA) is 28.4 Å². The molecular formula is C24H23O2+. The maximum Gasteiger partial charge on any atom is 0.612 e. The molecule has 1 atom stereocenters. The Morgan fingerprint density at radius 2 is 1.35 bits per heavy atom. The summed E-state index contributed by atoms with van der Waals surface area (Å²) in [6.45, 7) is 5.97. The van der Waals surface area contributed by atoms with E-state index >= 15 is 0 Å². The SMILES string of the molecule is CC(=[O+]C(=O)c1ccc(-c2ccc(C)cc2)cc1)C(C)c1ccccc1. The Bertz CT molecular complexity index is 905. The Morgan fingerprint density at radius 1 is 0.808 bits per heavy atom. The lowest BCUT2D eigenvalue weighted by molar-refractivity contribution is -0.347. The van der Waals surface area contributed by atoms with Gasteiger partial charge in [-0.05, 0) is 42.7 Å². The molecule has 0 aliphatic heterocycles. The number of aryl methyl sites for hydroxylation is 1. The first-order valence-corrected chi connectivity index (χ1v) is 8.82. The Hall–Kier alpha value is -3.00. The van der Waals surface area contributed by atoms with Crippen LogP contribution < -0.4 is 0 Å². The van der Waals surface area contributed by atoms with Gasteiger partial charge in [0, 0.05) is 6.92 Å². The maximum atomic E-state index is 12.4. The molecule has 2 nitrogen and oxygen atoms in total. The van der Waals surface area contributed by atoms with Gasteiger partial charge < -0.3 is 0 Å². The van der Waals surface area contributed by atoms with Gasteiger partial charge in [-0.3, -0.25) is 4.42 Å². The van der Waals surface area contributed by atoms with Crippen molar-refractivity contribution in [3.8, 4) is 11.1 Å². The molecule has 2 heteroatoms. The zero-order valence-electron chi connectivity index (χ0n) is 15.4. The molecule has 0 bridgehead atoms. The Balaban J connectivity index is 1.76. The standard InChI is InChI=1S/C24H23O2/c1-17-9-11-21(12-10-17)22-13-15-23(16-14-22)24(25)26-19(3)18(2)20-7-5-4-6-8-20/h4-16,18H,1-3H3/q+1. The first kappa shape index (κ1) is 17.8. The first-order valence-electron chi connectivity index (χ1n) is 8.82. The second-order valence-corrected chi connectivity index (χ2v) is 6.58. The molecule has 0 radical (unpaired) electrons. The van der Waals surface area contributed by atoms with E-state index in [0.29, 0.717) is 11.3 Å². The zero-order valence-corrected chi connectivity index (χ0v) is 15.4. The van der Waals surface area contributed by atoms with Crippen LogP contribution in [0.15, 0.2) is 78.9 Å². The Labute approximate surface area is 154 Å². The summed E-state index contributed by atoms with van der Waals surface area (Å²) in [6, 6.07) is 25.9. The summed E-state index contributed by atoms with van der Waals surface area (Å²) in [5, 5.41) is 0. The van der Waals surface area contributed by atoms with E-state index < -0.39 is 0 Å². The molecule has 1 unspecified atom stereocenters. The number of carbonyl (C=O) groups is 1. The molecule has 26 heavy (non-hydrogen) atoms. The van der Waals surface area contributed by atoms with E-state index in [4.69, 9.17) is 4.42 Å². The largest absolute Gasteiger partial charge is 0.612 e. The van der Waals surface area contributed by atoms with Gasteiger partial charge in [0.25, 0.3) is 0 Å². The van der Waals surface area contributed by atoms with Crippen molar-refractivity contribution in [1.82, 2.24) is 0 Å². The van der Waals surface area contributed by atoms with Crippen LogP contribution in [0.1, 0.15) is 41.3 Å². The van der Waals surface area contributed by atoms with Crippen LogP contribution in [0, 0.1) is 6.92 Å². The van der Waals surface area contributed by atoms with E-state index in [0.717, 1.165) is 16.7 Å². The lowest BCUT2D eigenvalue weighted by atomic mass is 9.98. The number of ketones is 1. The Morgan fingerprint density at radius 3 is 1.92 bits per heavy atom. The summed E-state index contributed by atoms with van der Waals surface area (Å²) in [6.07, 6.45) is 0. The molecule has 0 spiro atoms. The normalized spacial score (nSPS) is 12.7. The minimum absolute atomic E-state index is 0.0620. The lowest BCUT2D eigenvalue weighted by Crippen LogP contribution is -2.12. The highest BCUT2D eigenvalue weighted by atomic mass is 16.5. The number of carbonyl (C=O) groups excluding carboxylic acids is 2. The van der Waals surface area contributed by atoms with E-state index in [1.54, 1.807) is 0 Å². The molecule has 3 aromatic rings. The van der Waals surface area contributed by atoms with Gasteiger partial charge in [-0.1, -0.05) is 72.3 Å². The predicted octanol–water partition coefficient (Wildman–Crippen LogP) is 5.73. The second kappa shape index (κ2) is 7.92. The van der Waals surface area contributed by atoms with Crippen LogP contribution in [0.2, 0.25) is 0 Å². The van der Waals surface area contributed by atoms with E-state index in [-0.39, 0.29) is 11.9 Å². The molecule has 0 aliphatic rings. The number of rotatable bonds is 4. The molecule has 0 saturated heterocycles. The quantitative estimate of drug-likeness (QED) is 0.556. The first-order chi connectivity index (χ1) is 12.5. The lowest BCUT2D eigenvalue weighted by Gasteiger charge is -2.06. The molecule has 3 aromatic carbocycles. The van der Waals surface area contributed by atoms with Crippen molar-refractivity contribution in [1.29, 1.82) is 0 Å². The van der Waals surface area contributed by atoms with Crippen molar-refractivity contribution in [2.45, 2.75) is 26.7 Å². The average Bonchev–Trinajstić information content (AvgIpc) is 2.68. The fourth-order valence-corrected chi connectivity index (χ4v) is 2.81. The smallest absolute Gasteiger partial charge is 0.277 e. The molecule has 0 aliphatic carbocycles. The summed E-state index contributed by atoms with van der Waals surface area (Å²) in [5.74, 6) is 0.441. The van der Waals surface area contributed by atoms with Gasteiger partial charge in [0.15, 0.2) is 0 Å². The number of hydrogen-bond acceptors (Lipinski definition) is 1. The van der Waals surface area contributed by atoms with Crippen LogP contribution in [0.25, 0.3) is 11.1 Å². The molecule has 0 fully saturated rings. The number of benzene rings is 3. The van der Waals surface area contributed by atoms with Gasteiger partial charge in [-0.15, -0.1) is 0 Å². The molecule has 0 saturated carbocycles. The van der Waals surface area contributed by atoms with Crippen LogP contribution in [0.5, 0.6) is 0 Å². The fraction of sp³-hybridized carbons (Fsp3) is 0.167. The van der Waals surface area contributed by atoms with E-state index in [9.17, 15) is 4.79 Å². The van der Waals surface area contributed by atoms with Crippen molar-refractivity contribution >= 4 is 11.8 Å². The predicted molar refractivity (Wildman–Crippen MR) is 106 cm³/mol. The van der Waals surface area contributed by atoms with Crippen molar-refractivity contribution in [2.75, 3.05) is 0 Å². The molecule has 3 rings (SSSR count). The van der Waals surface area contributed by atoms with E-state index in [1.165, 1.54) is 5.56 Å². The number of hydrogen-bond donors (Lipinski definition) is 0. The summed E-state index contributed by atoms with van der Waals surface area (Å²) in [7, 11) is 0. The van der Waals surface area contributed by atoms with Gasteiger partial charge >= 0.3 is 5.97 Å². The third kappa shape index (κ3) is 4.15. The summed E-state index contributed by atoms with van der Waals surface area (Å²) >= 11 is 0. The van der Waals surface area contributed by atoms with Crippen LogP contribution in [-0.4, -0.2) is 11.8 Å². The second-order valence-electron chi connectivity index (χ2n) is 6.58. The van der Waals surface area contributed by atoms with Crippen molar-refractivity contribution in [3.05, 3.63) is 95.6 Å². The van der Waals surface area contributed by atoms with Crippen molar-refractivity contribution < 1.29 is 9.22 Å². The molecule has 0 N–H and O–H groups in total. The fourth-order valence-electron chi connectivity index (χ4n) is 2.81. The molecule has 0 aromatic heterocycles. The summed E-state index contributed by atoms with van der Waals surface area (Å²) < 4.78 is 5.59. The van der Waals surface area contributed by atoms with Gasteiger partial charge in [0.05, 0.1) is 10.7 Å². The van der Waals surface area contributed by atoms with Crippen LogP contribution in [0.3, 0.4) is 0 Å². The maximum absolute atomic E-state index is 12.4. The van der Waals surface area contributed by atoms with E-state index in [2.05, 4.69) is 31.2 Å². The third-order valence-electron chi connectivity index (χ3n) is 4.67. The minimum Gasteiger partial charge on any atom is -0.277 e. The highest BCUT2D eigenvalue weighted by Gasteiger charge is 2.22.